The minimum absolute atomic E-state index is 0.0375. The van der Waals surface area contributed by atoms with Gasteiger partial charge in [0.25, 0.3) is 5.91 Å². The van der Waals surface area contributed by atoms with Crippen molar-refractivity contribution in [2.75, 3.05) is 4.90 Å². The summed E-state index contributed by atoms with van der Waals surface area (Å²) >= 11 is 1.35. The second kappa shape index (κ2) is 6.84. The monoisotopic (exact) mass is 420 g/mol. The van der Waals surface area contributed by atoms with Crippen LogP contribution in [0.3, 0.4) is 0 Å². The van der Waals surface area contributed by atoms with Gasteiger partial charge in [-0.3, -0.25) is 14.5 Å². The number of ketones is 1. The van der Waals surface area contributed by atoms with Gasteiger partial charge in [0.05, 0.1) is 10.5 Å². The molecule has 2 aromatic rings. The molecule has 0 fully saturated rings. The van der Waals surface area contributed by atoms with Crippen LogP contribution in [-0.2, 0) is 19.6 Å². The van der Waals surface area contributed by atoms with E-state index in [1.165, 1.54) is 40.5 Å². The molecule has 1 aliphatic rings. The van der Waals surface area contributed by atoms with Gasteiger partial charge < -0.3 is 5.11 Å². The molecule has 0 radical (unpaired) electrons. The van der Waals surface area contributed by atoms with Crippen LogP contribution in [-0.4, -0.2) is 25.2 Å². The predicted molar refractivity (Wildman–Crippen MR) is 106 cm³/mol. The molecule has 1 atom stereocenters. The van der Waals surface area contributed by atoms with E-state index in [0.29, 0.717) is 10.6 Å². The van der Waals surface area contributed by atoms with E-state index in [1.54, 1.807) is 32.9 Å². The summed E-state index contributed by atoms with van der Waals surface area (Å²) in [5, 5.41) is 17.5. The van der Waals surface area contributed by atoms with E-state index in [2.05, 4.69) is 0 Å². The smallest absolute Gasteiger partial charge is 0.294 e. The van der Waals surface area contributed by atoms with Gasteiger partial charge in [-0.2, -0.15) is 0 Å². The van der Waals surface area contributed by atoms with Crippen LogP contribution in [0.1, 0.15) is 31.7 Å². The number of rotatable bonds is 4. The average molecular weight is 421 g/mol. The first kappa shape index (κ1) is 20.2. The van der Waals surface area contributed by atoms with Crippen LogP contribution in [0.2, 0.25) is 0 Å². The molecular formula is C19H20N2O5S2. The Morgan fingerprint density at radius 1 is 1.18 bits per heavy atom. The summed E-state index contributed by atoms with van der Waals surface area (Å²) in [4.78, 5) is 27.8. The zero-order chi connectivity index (χ0) is 20.9. The average Bonchev–Trinajstić information content (AvgIpc) is 3.20. The molecule has 1 aliphatic heterocycles. The molecule has 3 N–H and O–H groups in total. The first-order valence-electron chi connectivity index (χ1n) is 8.40. The van der Waals surface area contributed by atoms with Gasteiger partial charge in [-0.05, 0) is 35.7 Å². The highest BCUT2D eigenvalue weighted by Crippen LogP contribution is 2.44. The van der Waals surface area contributed by atoms with Gasteiger partial charge in [-0.1, -0.05) is 26.8 Å². The Morgan fingerprint density at radius 2 is 1.79 bits per heavy atom. The minimum atomic E-state index is -3.88. The topological polar surface area (TPSA) is 118 Å². The second-order valence-corrected chi connectivity index (χ2v) is 10.0. The third-order valence-electron chi connectivity index (χ3n) is 4.39. The van der Waals surface area contributed by atoms with Crippen molar-refractivity contribution in [3.63, 3.8) is 0 Å². The lowest BCUT2D eigenvalue weighted by Crippen LogP contribution is -2.32. The maximum atomic E-state index is 13.0. The van der Waals surface area contributed by atoms with Crippen LogP contribution in [0.4, 0.5) is 5.69 Å². The lowest BCUT2D eigenvalue weighted by molar-refractivity contribution is -0.123. The summed E-state index contributed by atoms with van der Waals surface area (Å²) in [6.45, 7) is 5.15. The number of carbonyl (C=O) groups is 2. The van der Waals surface area contributed by atoms with Crippen molar-refractivity contribution < 1.29 is 23.1 Å². The predicted octanol–water partition coefficient (Wildman–Crippen LogP) is 2.91. The molecule has 7 nitrogen and oxygen atoms in total. The Hall–Kier alpha value is -2.49. The summed E-state index contributed by atoms with van der Waals surface area (Å²) in [5.41, 5.74) is -0.415. The van der Waals surface area contributed by atoms with E-state index in [0.717, 1.165) is 0 Å². The van der Waals surface area contributed by atoms with Crippen LogP contribution in [0, 0.1) is 5.41 Å². The van der Waals surface area contributed by atoms with E-state index < -0.39 is 33.1 Å². The van der Waals surface area contributed by atoms with Crippen molar-refractivity contribution in [3.05, 3.63) is 58.0 Å². The number of benzene rings is 1. The summed E-state index contributed by atoms with van der Waals surface area (Å²) in [6.07, 6.45) is 0. The molecule has 0 saturated heterocycles. The SMILES string of the molecule is CC(C)(C)C(=O)C1=C(O)C(=O)N(c2ccc(S(N)(=O)=O)cc2)C1c1cccs1. The van der Waals surface area contributed by atoms with Gasteiger partial charge in [0.2, 0.25) is 10.0 Å². The maximum absolute atomic E-state index is 13.0. The van der Waals surface area contributed by atoms with Gasteiger partial charge in [0.1, 0.15) is 6.04 Å². The number of nitrogens with zero attached hydrogens (tertiary/aromatic N) is 1. The van der Waals surface area contributed by atoms with Crippen LogP contribution in [0.5, 0.6) is 0 Å². The van der Waals surface area contributed by atoms with Crippen LogP contribution in [0.15, 0.2) is 58.0 Å². The lowest BCUT2D eigenvalue weighted by Gasteiger charge is -2.28. The van der Waals surface area contributed by atoms with Gasteiger partial charge in [-0.15, -0.1) is 11.3 Å². The third-order valence-corrected chi connectivity index (χ3v) is 6.24. The number of Topliss-reactive ketones (excluding diaryl/α,β-unsaturated/α-hetero) is 1. The summed E-state index contributed by atoms with van der Waals surface area (Å²) < 4.78 is 23.0. The number of anilines is 1. The van der Waals surface area contributed by atoms with Crippen molar-refractivity contribution in [1.29, 1.82) is 0 Å². The Kier molecular flexibility index (Phi) is 4.95. The normalized spacial score (nSPS) is 18.1. The first-order chi connectivity index (χ1) is 12.9. The van der Waals surface area contributed by atoms with Crippen molar-refractivity contribution in [2.45, 2.75) is 31.7 Å². The number of carbonyl (C=O) groups excluding carboxylic acids is 2. The molecule has 2 heterocycles. The van der Waals surface area contributed by atoms with E-state index >= 15 is 0 Å². The highest BCUT2D eigenvalue weighted by molar-refractivity contribution is 7.89. The quantitative estimate of drug-likeness (QED) is 0.788. The number of thiophene rings is 1. The Bertz CT molecular complexity index is 1060. The zero-order valence-electron chi connectivity index (χ0n) is 15.5. The Balaban J connectivity index is 2.14. The Labute approximate surface area is 167 Å². The fraction of sp³-hybridized carbons (Fsp3) is 0.263. The molecule has 0 aliphatic carbocycles. The summed E-state index contributed by atoms with van der Waals surface area (Å²) in [7, 11) is -3.88. The molecule has 3 rings (SSSR count). The molecule has 148 valence electrons. The van der Waals surface area contributed by atoms with Crippen LogP contribution < -0.4 is 10.0 Å². The molecule has 9 heteroatoms. The molecule has 1 aromatic heterocycles. The standard InChI is InChI=1S/C19H20N2O5S2/c1-19(2,3)17(23)14-15(13-5-4-10-27-13)21(18(24)16(14)22)11-6-8-12(9-7-11)28(20,25)26/h4-10,15,22H,1-3H3,(H2,20,25,26). The van der Waals surface area contributed by atoms with E-state index in [4.69, 9.17) is 5.14 Å². The molecule has 1 unspecified atom stereocenters. The van der Waals surface area contributed by atoms with Crippen molar-refractivity contribution in [1.82, 2.24) is 0 Å². The Morgan fingerprint density at radius 3 is 2.25 bits per heavy atom. The first-order valence-corrected chi connectivity index (χ1v) is 10.8. The molecule has 1 aromatic carbocycles. The number of nitrogens with two attached hydrogens (primary N) is 1. The molecular weight excluding hydrogens is 400 g/mol. The van der Waals surface area contributed by atoms with Gasteiger partial charge in [-0.25, -0.2) is 13.6 Å². The number of amides is 1. The second-order valence-electron chi connectivity index (χ2n) is 7.47. The van der Waals surface area contributed by atoms with Gasteiger partial charge in [0, 0.05) is 16.0 Å². The van der Waals surface area contributed by atoms with Gasteiger partial charge in [0.15, 0.2) is 11.5 Å². The van der Waals surface area contributed by atoms with Crippen LogP contribution >= 0.6 is 11.3 Å². The summed E-state index contributed by atoms with van der Waals surface area (Å²) in [6, 6.07) is 8.20. The largest absolute Gasteiger partial charge is 0.503 e. The maximum Gasteiger partial charge on any atom is 0.294 e. The minimum Gasteiger partial charge on any atom is -0.503 e. The highest BCUT2D eigenvalue weighted by Gasteiger charge is 2.47. The fourth-order valence-corrected chi connectivity index (χ4v) is 4.36. The van der Waals surface area contributed by atoms with Crippen molar-refractivity contribution in [3.8, 4) is 0 Å². The number of aliphatic hydroxyl groups excluding tert-OH is 1. The van der Waals surface area contributed by atoms with Crippen molar-refractivity contribution >= 4 is 38.7 Å². The van der Waals surface area contributed by atoms with Crippen molar-refractivity contribution in [2.24, 2.45) is 10.6 Å². The van der Waals surface area contributed by atoms with Crippen LogP contribution in [0.25, 0.3) is 0 Å². The number of primary sulfonamides is 1. The third kappa shape index (κ3) is 3.48. The zero-order valence-corrected chi connectivity index (χ0v) is 17.2. The molecule has 0 saturated carbocycles. The number of hydrogen-bond acceptors (Lipinski definition) is 6. The lowest BCUT2D eigenvalue weighted by atomic mass is 9.83. The molecule has 28 heavy (non-hydrogen) atoms. The molecule has 0 bridgehead atoms. The number of hydrogen-bond donors (Lipinski definition) is 2. The van der Waals surface area contributed by atoms with E-state index in [-0.39, 0.29) is 16.3 Å². The molecule has 0 spiro atoms. The van der Waals surface area contributed by atoms with Gasteiger partial charge >= 0.3 is 0 Å². The van der Waals surface area contributed by atoms with E-state index in [9.17, 15) is 23.1 Å². The highest BCUT2D eigenvalue weighted by atomic mass is 32.2. The van der Waals surface area contributed by atoms with E-state index in [1.807, 2.05) is 5.38 Å². The number of aliphatic hydroxyl groups is 1. The fourth-order valence-electron chi connectivity index (χ4n) is 3.02. The molecule has 1 amide bonds. The summed E-state index contributed by atoms with van der Waals surface area (Å²) in [5.74, 6) is -1.64. The number of sulfonamides is 1.